The molecule has 142 valence electrons. The molecule has 1 atom stereocenters. The first-order valence-electron chi connectivity index (χ1n) is 8.27. The Balaban J connectivity index is 2.15. The monoisotopic (exact) mass is 386 g/mol. The first-order chi connectivity index (χ1) is 12.8. The molecule has 0 saturated heterocycles. The normalized spacial score (nSPS) is 12.1. The minimum atomic E-state index is -3.69. The highest BCUT2D eigenvalue weighted by Gasteiger charge is 2.17. The number of carbonyl (C=O) groups is 1. The van der Waals surface area contributed by atoms with Crippen molar-refractivity contribution >= 4 is 15.9 Å². The van der Waals surface area contributed by atoms with Crippen molar-refractivity contribution in [1.29, 1.82) is 0 Å². The lowest BCUT2D eigenvalue weighted by molar-refractivity contribution is 0.0939. The van der Waals surface area contributed by atoms with Crippen LogP contribution in [0.15, 0.2) is 47.4 Å². The third kappa shape index (κ3) is 5.09. The van der Waals surface area contributed by atoms with Gasteiger partial charge in [-0.15, -0.1) is 6.42 Å². The van der Waals surface area contributed by atoms with E-state index in [1.807, 2.05) is 32.0 Å². The maximum absolute atomic E-state index is 12.5. The molecular formula is C20H22N2O4S. The summed E-state index contributed by atoms with van der Waals surface area (Å²) in [4.78, 5) is 12.5. The number of aryl methyl sites for hydroxylation is 1. The molecule has 0 bridgehead atoms. The van der Waals surface area contributed by atoms with Gasteiger partial charge in [-0.05, 0) is 44.2 Å². The summed E-state index contributed by atoms with van der Waals surface area (Å²) in [5.74, 6) is 2.58. The number of hydrogen-bond acceptors (Lipinski definition) is 4. The number of rotatable bonds is 7. The molecule has 0 aliphatic carbocycles. The Bertz CT molecular complexity index is 960. The lowest BCUT2D eigenvalue weighted by Crippen LogP contribution is -2.27. The smallest absolute Gasteiger partial charge is 0.251 e. The fraction of sp³-hybridized carbons (Fsp3) is 0.250. The van der Waals surface area contributed by atoms with Crippen molar-refractivity contribution in [2.45, 2.75) is 24.8 Å². The van der Waals surface area contributed by atoms with Gasteiger partial charge in [-0.25, -0.2) is 8.42 Å². The predicted molar refractivity (Wildman–Crippen MR) is 104 cm³/mol. The van der Waals surface area contributed by atoms with Crippen molar-refractivity contribution in [2.75, 3.05) is 13.7 Å². The summed E-state index contributed by atoms with van der Waals surface area (Å²) < 4.78 is 31.7. The van der Waals surface area contributed by atoms with Crippen molar-refractivity contribution in [3.05, 3.63) is 59.2 Å². The number of terminal acetylenes is 1. The molecule has 0 fully saturated rings. The number of nitrogens with one attached hydrogen (secondary N) is 2. The van der Waals surface area contributed by atoms with E-state index < -0.39 is 10.0 Å². The second kappa shape index (κ2) is 8.71. The van der Waals surface area contributed by atoms with E-state index in [-0.39, 0.29) is 23.4 Å². The third-order valence-electron chi connectivity index (χ3n) is 3.99. The van der Waals surface area contributed by atoms with Crippen LogP contribution in [-0.2, 0) is 10.0 Å². The second-order valence-corrected chi connectivity index (χ2v) is 7.76. The van der Waals surface area contributed by atoms with E-state index in [4.69, 9.17) is 11.2 Å². The molecule has 0 spiro atoms. The average Bonchev–Trinajstić information content (AvgIpc) is 2.66. The topological polar surface area (TPSA) is 84.5 Å². The van der Waals surface area contributed by atoms with Gasteiger partial charge in [-0.2, -0.15) is 4.72 Å². The molecule has 27 heavy (non-hydrogen) atoms. The summed E-state index contributed by atoms with van der Waals surface area (Å²) in [5.41, 5.74) is 2.27. The molecule has 0 aromatic heterocycles. The van der Waals surface area contributed by atoms with E-state index in [1.54, 1.807) is 7.11 Å². The van der Waals surface area contributed by atoms with E-state index >= 15 is 0 Å². The lowest BCUT2D eigenvalue weighted by Gasteiger charge is -2.18. The van der Waals surface area contributed by atoms with Gasteiger partial charge in [0.1, 0.15) is 5.75 Å². The minimum absolute atomic E-state index is 0.0442. The molecule has 0 aliphatic rings. The maximum atomic E-state index is 12.5. The lowest BCUT2D eigenvalue weighted by atomic mass is 10.0. The molecule has 2 N–H and O–H groups in total. The molecule has 0 radical (unpaired) electrons. The number of ether oxygens (including phenoxy) is 1. The molecule has 0 saturated carbocycles. The summed E-state index contributed by atoms with van der Waals surface area (Å²) in [7, 11) is -2.11. The van der Waals surface area contributed by atoms with E-state index in [0.717, 1.165) is 11.1 Å². The number of amides is 1. The highest BCUT2D eigenvalue weighted by molar-refractivity contribution is 7.89. The number of benzene rings is 2. The Morgan fingerprint density at radius 3 is 2.48 bits per heavy atom. The Kier molecular flexibility index (Phi) is 6.61. The number of carbonyl (C=O) groups excluding carboxylic acids is 1. The first-order valence-corrected chi connectivity index (χ1v) is 9.75. The Morgan fingerprint density at radius 2 is 1.89 bits per heavy atom. The molecule has 1 amide bonds. The van der Waals surface area contributed by atoms with E-state index in [2.05, 4.69) is 16.0 Å². The SMILES string of the molecule is C#CCNS(=O)(=O)c1ccc(C(=O)NC(C)c2cc(C)ccc2OC)cc1. The highest BCUT2D eigenvalue weighted by atomic mass is 32.2. The largest absolute Gasteiger partial charge is 0.496 e. The highest BCUT2D eigenvalue weighted by Crippen LogP contribution is 2.26. The van der Waals surface area contributed by atoms with Gasteiger partial charge < -0.3 is 10.1 Å². The van der Waals surface area contributed by atoms with Crippen LogP contribution in [0.3, 0.4) is 0 Å². The Hall–Kier alpha value is -2.82. The molecule has 0 heterocycles. The van der Waals surface area contributed by atoms with Crippen molar-refractivity contribution in [2.24, 2.45) is 0 Å². The molecular weight excluding hydrogens is 364 g/mol. The summed E-state index contributed by atoms with van der Waals surface area (Å²) in [6.45, 7) is 3.73. The van der Waals surface area contributed by atoms with Gasteiger partial charge >= 0.3 is 0 Å². The van der Waals surface area contributed by atoms with Gasteiger partial charge in [0.25, 0.3) is 5.91 Å². The van der Waals surface area contributed by atoms with E-state index in [0.29, 0.717) is 11.3 Å². The molecule has 2 aromatic carbocycles. The van der Waals surface area contributed by atoms with Crippen molar-refractivity contribution < 1.29 is 17.9 Å². The third-order valence-corrected chi connectivity index (χ3v) is 5.41. The molecule has 2 aromatic rings. The van der Waals surface area contributed by atoms with Gasteiger partial charge in [0, 0.05) is 11.1 Å². The van der Waals surface area contributed by atoms with Gasteiger partial charge in [0.15, 0.2) is 0 Å². The predicted octanol–water partition coefficient (Wildman–Crippen LogP) is 2.41. The van der Waals surface area contributed by atoms with Crippen LogP contribution < -0.4 is 14.8 Å². The second-order valence-electron chi connectivity index (χ2n) is 5.99. The molecule has 2 rings (SSSR count). The summed E-state index contributed by atoms with van der Waals surface area (Å²) in [5, 5.41) is 2.90. The zero-order valence-electron chi connectivity index (χ0n) is 15.4. The standard InChI is InChI=1S/C20H22N2O4S/c1-5-12-21-27(24,25)17-9-7-16(8-10-17)20(23)22-15(3)18-13-14(2)6-11-19(18)26-4/h1,6-11,13,15,21H,12H2,2-4H3,(H,22,23). The maximum Gasteiger partial charge on any atom is 0.251 e. The van der Waals surface area contributed by atoms with Gasteiger partial charge in [-0.1, -0.05) is 23.6 Å². The van der Waals surface area contributed by atoms with Crippen LogP contribution in [0.5, 0.6) is 5.75 Å². The summed E-state index contributed by atoms with van der Waals surface area (Å²) in [6.07, 6.45) is 5.06. The minimum Gasteiger partial charge on any atom is -0.496 e. The van der Waals surface area contributed by atoms with Crippen molar-refractivity contribution in [3.63, 3.8) is 0 Å². The summed E-state index contributed by atoms with van der Waals surface area (Å²) >= 11 is 0. The van der Waals surface area contributed by atoms with Gasteiger partial charge in [0.05, 0.1) is 24.6 Å². The van der Waals surface area contributed by atoms with Gasteiger partial charge in [-0.3, -0.25) is 4.79 Å². The quantitative estimate of drug-likeness (QED) is 0.716. The van der Waals surface area contributed by atoms with Gasteiger partial charge in [0.2, 0.25) is 10.0 Å². The van der Waals surface area contributed by atoms with Crippen LogP contribution >= 0.6 is 0 Å². The Labute approximate surface area is 160 Å². The first kappa shape index (κ1) is 20.5. The number of methoxy groups -OCH3 is 1. The molecule has 6 nitrogen and oxygen atoms in total. The summed E-state index contributed by atoms with van der Waals surface area (Å²) in [6, 6.07) is 11.1. The molecule has 0 aliphatic heterocycles. The van der Waals surface area contributed by atoms with Crippen molar-refractivity contribution in [3.8, 4) is 18.1 Å². The molecule has 7 heteroatoms. The molecule has 1 unspecified atom stereocenters. The van der Waals surface area contributed by atoms with Crippen LogP contribution in [0.1, 0.15) is 34.5 Å². The fourth-order valence-electron chi connectivity index (χ4n) is 2.56. The van der Waals surface area contributed by atoms with E-state index in [1.165, 1.54) is 24.3 Å². The van der Waals surface area contributed by atoms with E-state index in [9.17, 15) is 13.2 Å². The van der Waals surface area contributed by atoms with Crippen LogP contribution in [0.25, 0.3) is 0 Å². The number of hydrogen-bond donors (Lipinski definition) is 2. The Morgan fingerprint density at radius 1 is 1.22 bits per heavy atom. The zero-order chi connectivity index (χ0) is 20.0. The average molecular weight is 386 g/mol. The zero-order valence-corrected chi connectivity index (χ0v) is 16.3. The van der Waals surface area contributed by atoms with Crippen LogP contribution in [0.2, 0.25) is 0 Å². The number of sulfonamides is 1. The van der Waals surface area contributed by atoms with Crippen molar-refractivity contribution in [1.82, 2.24) is 10.0 Å². The van der Waals surface area contributed by atoms with Crippen LogP contribution in [0.4, 0.5) is 0 Å². The fourth-order valence-corrected chi connectivity index (χ4v) is 3.49. The van der Waals surface area contributed by atoms with Crippen LogP contribution in [0, 0.1) is 19.3 Å². The van der Waals surface area contributed by atoms with Crippen LogP contribution in [-0.4, -0.2) is 28.0 Å².